The van der Waals surface area contributed by atoms with Gasteiger partial charge in [-0.1, -0.05) is 17.8 Å². The topological polar surface area (TPSA) is 46.0 Å². The van der Waals surface area contributed by atoms with Crippen LogP contribution in [0.3, 0.4) is 0 Å². The molecule has 1 N–H and O–H groups in total. The maximum absolute atomic E-state index is 13.3. The lowest BCUT2D eigenvalue weighted by atomic mass is 10.2. The van der Waals surface area contributed by atoms with E-state index in [-0.39, 0.29) is 6.61 Å². The molecule has 2 aromatic rings. The van der Waals surface area contributed by atoms with Gasteiger partial charge in [0.05, 0.1) is 6.61 Å². The first-order valence-corrected chi connectivity index (χ1v) is 5.45. The van der Waals surface area contributed by atoms with Crippen LogP contribution in [0.5, 0.6) is 0 Å². The Bertz CT molecular complexity index is 479. The Morgan fingerprint density at radius 3 is 2.88 bits per heavy atom. The average Bonchev–Trinajstić information content (AvgIpc) is 2.31. The standard InChI is InChI=1S/C11H9FN2OS/c12-9-2-1-3-10(8(9)6-15)16-11-4-5-13-7-14-11/h1-5,7,15H,6H2. The smallest absolute Gasteiger partial charge is 0.129 e. The highest BCUT2D eigenvalue weighted by Crippen LogP contribution is 2.29. The van der Waals surface area contributed by atoms with Crippen LogP contribution < -0.4 is 0 Å². The van der Waals surface area contributed by atoms with E-state index in [0.717, 1.165) is 5.03 Å². The molecule has 16 heavy (non-hydrogen) atoms. The summed E-state index contributed by atoms with van der Waals surface area (Å²) >= 11 is 1.30. The third-order valence-electron chi connectivity index (χ3n) is 2.00. The highest BCUT2D eigenvalue weighted by molar-refractivity contribution is 7.99. The largest absolute Gasteiger partial charge is 0.392 e. The van der Waals surface area contributed by atoms with Crippen LogP contribution in [-0.2, 0) is 6.61 Å². The summed E-state index contributed by atoms with van der Waals surface area (Å²) < 4.78 is 13.3. The van der Waals surface area contributed by atoms with E-state index in [4.69, 9.17) is 5.11 Å². The Morgan fingerprint density at radius 1 is 1.31 bits per heavy atom. The van der Waals surface area contributed by atoms with Gasteiger partial charge in [0.2, 0.25) is 0 Å². The molecule has 82 valence electrons. The zero-order valence-corrected chi connectivity index (χ0v) is 9.12. The molecule has 0 fully saturated rings. The molecule has 0 amide bonds. The van der Waals surface area contributed by atoms with Crippen molar-refractivity contribution in [3.8, 4) is 0 Å². The van der Waals surface area contributed by atoms with Crippen LogP contribution >= 0.6 is 11.8 Å². The molecule has 1 aromatic carbocycles. The van der Waals surface area contributed by atoms with Crippen LogP contribution in [0.1, 0.15) is 5.56 Å². The summed E-state index contributed by atoms with van der Waals surface area (Å²) in [4.78, 5) is 8.49. The van der Waals surface area contributed by atoms with Crippen molar-refractivity contribution in [1.82, 2.24) is 9.97 Å². The van der Waals surface area contributed by atoms with Crippen LogP contribution in [0.15, 0.2) is 46.7 Å². The van der Waals surface area contributed by atoms with Gasteiger partial charge in [-0.05, 0) is 18.2 Å². The number of aliphatic hydroxyl groups excluding tert-OH is 1. The van der Waals surface area contributed by atoms with Gasteiger partial charge < -0.3 is 5.11 Å². The van der Waals surface area contributed by atoms with Gasteiger partial charge in [-0.25, -0.2) is 14.4 Å². The molecule has 0 saturated carbocycles. The second-order valence-electron chi connectivity index (χ2n) is 3.02. The molecule has 0 unspecified atom stereocenters. The molecule has 0 radical (unpaired) electrons. The maximum Gasteiger partial charge on any atom is 0.129 e. The first-order valence-electron chi connectivity index (χ1n) is 4.63. The Morgan fingerprint density at radius 2 is 2.19 bits per heavy atom. The lowest BCUT2D eigenvalue weighted by Gasteiger charge is -2.06. The van der Waals surface area contributed by atoms with E-state index in [9.17, 15) is 4.39 Å². The molecular formula is C11H9FN2OS. The summed E-state index contributed by atoms with van der Waals surface area (Å²) in [5, 5.41) is 9.81. The minimum atomic E-state index is -0.401. The van der Waals surface area contributed by atoms with E-state index in [1.54, 1.807) is 24.4 Å². The predicted octanol–water partition coefficient (Wildman–Crippen LogP) is 2.26. The van der Waals surface area contributed by atoms with E-state index in [0.29, 0.717) is 10.5 Å². The summed E-state index contributed by atoms with van der Waals surface area (Å²) in [6, 6.07) is 6.42. The number of aromatic nitrogens is 2. The van der Waals surface area contributed by atoms with Gasteiger partial charge in [0, 0.05) is 16.7 Å². The minimum absolute atomic E-state index is 0.297. The molecular weight excluding hydrogens is 227 g/mol. The molecule has 0 saturated heterocycles. The molecule has 0 spiro atoms. The summed E-state index contributed by atoms with van der Waals surface area (Å²) in [6.07, 6.45) is 3.05. The Kier molecular flexibility index (Phi) is 3.48. The average molecular weight is 236 g/mol. The van der Waals surface area contributed by atoms with E-state index in [2.05, 4.69) is 9.97 Å². The van der Waals surface area contributed by atoms with Crippen LogP contribution in [-0.4, -0.2) is 15.1 Å². The zero-order chi connectivity index (χ0) is 11.4. The van der Waals surface area contributed by atoms with Gasteiger partial charge in [-0.15, -0.1) is 0 Å². The summed E-state index contributed by atoms with van der Waals surface area (Å²) in [5.41, 5.74) is 0.297. The summed E-state index contributed by atoms with van der Waals surface area (Å²) in [7, 11) is 0. The molecule has 0 aliphatic carbocycles. The van der Waals surface area contributed by atoms with E-state index in [1.807, 2.05) is 0 Å². The fourth-order valence-electron chi connectivity index (χ4n) is 1.24. The van der Waals surface area contributed by atoms with E-state index in [1.165, 1.54) is 24.2 Å². The lowest BCUT2D eigenvalue weighted by Crippen LogP contribution is -1.93. The van der Waals surface area contributed by atoms with Gasteiger partial charge in [0.15, 0.2) is 0 Å². The van der Waals surface area contributed by atoms with E-state index < -0.39 is 5.82 Å². The van der Waals surface area contributed by atoms with Gasteiger partial charge in [0.1, 0.15) is 17.2 Å². The SMILES string of the molecule is OCc1c(F)cccc1Sc1ccncn1. The highest BCUT2D eigenvalue weighted by Gasteiger charge is 2.08. The Balaban J connectivity index is 2.31. The number of hydrogen-bond donors (Lipinski definition) is 1. The second-order valence-corrected chi connectivity index (χ2v) is 4.09. The predicted molar refractivity (Wildman–Crippen MR) is 58.5 cm³/mol. The number of hydrogen-bond acceptors (Lipinski definition) is 4. The van der Waals surface area contributed by atoms with Crippen molar-refractivity contribution in [3.05, 3.63) is 48.2 Å². The van der Waals surface area contributed by atoms with Crippen molar-refractivity contribution >= 4 is 11.8 Å². The van der Waals surface area contributed by atoms with Crippen LogP contribution in [0.25, 0.3) is 0 Å². The van der Waals surface area contributed by atoms with Crippen molar-refractivity contribution < 1.29 is 9.50 Å². The van der Waals surface area contributed by atoms with Gasteiger partial charge in [-0.3, -0.25) is 0 Å². The van der Waals surface area contributed by atoms with Crippen LogP contribution in [0.4, 0.5) is 4.39 Å². The molecule has 5 heteroatoms. The van der Waals surface area contributed by atoms with Gasteiger partial charge in [0.25, 0.3) is 0 Å². The van der Waals surface area contributed by atoms with E-state index >= 15 is 0 Å². The fourth-order valence-corrected chi connectivity index (χ4v) is 2.13. The lowest BCUT2D eigenvalue weighted by molar-refractivity contribution is 0.272. The zero-order valence-electron chi connectivity index (χ0n) is 8.30. The molecule has 0 aliphatic rings. The molecule has 0 aliphatic heterocycles. The number of aliphatic hydroxyl groups is 1. The molecule has 0 atom stereocenters. The maximum atomic E-state index is 13.3. The Labute approximate surface area is 96.4 Å². The quantitative estimate of drug-likeness (QED) is 0.830. The molecule has 0 bridgehead atoms. The van der Waals surface area contributed by atoms with Crippen LogP contribution in [0.2, 0.25) is 0 Å². The van der Waals surface area contributed by atoms with Crippen molar-refractivity contribution in [2.24, 2.45) is 0 Å². The first kappa shape index (κ1) is 11.0. The third-order valence-corrected chi connectivity index (χ3v) is 3.06. The summed E-state index contributed by atoms with van der Waals surface area (Å²) in [6.45, 7) is -0.319. The fraction of sp³-hybridized carbons (Fsp3) is 0.0909. The molecule has 1 aromatic heterocycles. The third kappa shape index (κ3) is 2.37. The minimum Gasteiger partial charge on any atom is -0.392 e. The molecule has 2 rings (SSSR count). The number of halogens is 1. The van der Waals surface area contributed by atoms with Crippen molar-refractivity contribution in [3.63, 3.8) is 0 Å². The molecule has 3 nitrogen and oxygen atoms in total. The number of benzene rings is 1. The number of rotatable bonds is 3. The number of nitrogens with zero attached hydrogens (tertiary/aromatic N) is 2. The highest BCUT2D eigenvalue weighted by atomic mass is 32.2. The van der Waals surface area contributed by atoms with Crippen LogP contribution in [0, 0.1) is 5.82 Å². The molecule has 1 heterocycles. The monoisotopic (exact) mass is 236 g/mol. The normalized spacial score (nSPS) is 10.4. The first-order chi connectivity index (χ1) is 7.81. The summed E-state index contributed by atoms with van der Waals surface area (Å²) in [5.74, 6) is -0.401. The van der Waals surface area contributed by atoms with Gasteiger partial charge >= 0.3 is 0 Å². The van der Waals surface area contributed by atoms with Crippen molar-refractivity contribution in [2.45, 2.75) is 16.5 Å². The van der Waals surface area contributed by atoms with Crippen molar-refractivity contribution in [1.29, 1.82) is 0 Å². The van der Waals surface area contributed by atoms with Gasteiger partial charge in [-0.2, -0.15) is 0 Å². The second kappa shape index (κ2) is 5.05. The van der Waals surface area contributed by atoms with Crippen molar-refractivity contribution in [2.75, 3.05) is 0 Å². The Hall–Kier alpha value is -1.46.